The molecule has 1 N–H and O–H groups in total. The van der Waals surface area contributed by atoms with Gasteiger partial charge in [0, 0.05) is 12.5 Å². The summed E-state index contributed by atoms with van der Waals surface area (Å²) in [4.78, 5) is 25.6. The molecule has 2 saturated heterocycles. The van der Waals surface area contributed by atoms with Crippen LogP contribution >= 0.6 is 0 Å². The van der Waals surface area contributed by atoms with Gasteiger partial charge in [0.1, 0.15) is 5.82 Å². The van der Waals surface area contributed by atoms with E-state index >= 15 is 0 Å². The van der Waals surface area contributed by atoms with Gasteiger partial charge in [-0.3, -0.25) is 14.9 Å². The summed E-state index contributed by atoms with van der Waals surface area (Å²) < 4.78 is 14.6. The maximum atomic E-state index is 14.6. The molecule has 2 fully saturated rings. The highest BCUT2D eigenvalue weighted by Crippen LogP contribution is 2.33. The first-order valence-corrected chi connectivity index (χ1v) is 8.82. The fourth-order valence-corrected chi connectivity index (χ4v) is 3.83. The molecule has 2 aliphatic rings. The molecule has 0 aromatic heterocycles. The van der Waals surface area contributed by atoms with Crippen LogP contribution in [0.25, 0.3) is 0 Å². The average Bonchev–Trinajstić information content (AvgIpc) is 2.55. The fraction of sp³-hybridized carbons (Fsp3) is 0.579. The summed E-state index contributed by atoms with van der Waals surface area (Å²) in [7, 11) is 0. The first-order valence-electron chi connectivity index (χ1n) is 8.82. The van der Waals surface area contributed by atoms with Gasteiger partial charge in [-0.15, -0.1) is 0 Å². The molecule has 2 heterocycles. The topological polar surface area (TPSA) is 49.4 Å². The van der Waals surface area contributed by atoms with E-state index in [0.29, 0.717) is 24.4 Å². The minimum absolute atomic E-state index is 0.222. The van der Waals surface area contributed by atoms with E-state index in [-0.39, 0.29) is 23.5 Å². The lowest BCUT2D eigenvalue weighted by Gasteiger charge is -2.35. The van der Waals surface area contributed by atoms with E-state index in [9.17, 15) is 14.0 Å². The van der Waals surface area contributed by atoms with Gasteiger partial charge in [0.15, 0.2) is 0 Å². The SMILES string of the molecule is CC(C)N1CCC(c2ccc(C3CCC(=O)NC3=O)cc2F)CC1. The number of hydrogen-bond donors (Lipinski definition) is 1. The quantitative estimate of drug-likeness (QED) is 0.866. The van der Waals surface area contributed by atoms with Crippen LogP contribution < -0.4 is 5.32 Å². The first-order chi connectivity index (χ1) is 11.5. The third-order valence-electron chi connectivity index (χ3n) is 5.37. The molecular weight excluding hydrogens is 307 g/mol. The smallest absolute Gasteiger partial charge is 0.234 e. The molecule has 0 bridgehead atoms. The summed E-state index contributed by atoms with van der Waals surface area (Å²) in [5, 5.41) is 2.33. The Morgan fingerprint density at radius 1 is 1.17 bits per heavy atom. The Labute approximate surface area is 142 Å². The zero-order valence-corrected chi connectivity index (χ0v) is 14.3. The molecule has 1 atom stereocenters. The zero-order valence-electron chi connectivity index (χ0n) is 14.3. The van der Waals surface area contributed by atoms with Crippen LogP contribution in [0.2, 0.25) is 0 Å². The minimum atomic E-state index is -0.422. The van der Waals surface area contributed by atoms with Crippen LogP contribution in [0, 0.1) is 5.82 Å². The van der Waals surface area contributed by atoms with Crippen LogP contribution in [0.1, 0.15) is 62.5 Å². The number of carbonyl (C=O) groups excluding carboxylic acids is 2. The number of benzene rings is 1. The standard InChI is InChI=1S/C19H25FN2O2/c1-12(2)22-9-7-13(8-10-22)15-4-3-14(11-17(15)20)16-5-6-18(23)21-19(16)24/h3-4,11-13,16H,5-10H2,1-2H3,(H,21,23,24). The van der Waals surface area contributed by atoms with Crippen molar-refractivity contribution < 1.29 is 14.0 Å². The Morgan fingerprint density at radius 3 is 2.46 bits per heavy atom. The van der Waals surface area contributed by atoms with Crippen molar-refractivity contribution in [3.8, 4) is 0 Å². The molecule has 24 heavy (non-hydrogen) atoms. The van der Waals surface area contributed by atoms with Gasteiger partial charge >= 0.3 is 0 Å². The van der Waals surface area contributed by atoms with Crippen LogP contribution in [-0.2, 0) is 9.59 Å². The number of amides is 2. The molecule has 0 aliphatic carbocycles. The summed E-state index contributed by atoms with van der Waals surface area (Å²) in [5.41, 5.74) is 1.43. The van der Waals surface area contributed by atoms with E-state index in [1.807, 2.05) is 12.1 Å². The van der Waals surface area contributed by atoms with Crippen LogP contribution in [0.15, 0.2) is 18.2 Å². The van der Waals surface area contributed by atoms with Crippen LogP contribution in [0.3, 0.4) is 0 Å². The van der Waals surface area contributed by atoms with Crippen LogP contribution in [0.4, 0.5) is 4.39 Å². The molecule has 130 valence electrons. The number of nitrogens with one attached hydrogen (secondary N) is 1. The molecular formula is C19H25FN2O2. The normalized spacial score (nSPS) is 23.6. The molecule has 1 aromatic carbocycles. The highest BCUT2D eigenvalue weighted by molar-refractivity contribution is 6.00. The number of halogens is 1. The van der Waals surface area contributed by atoms with E-state index in [2.05, 4.69) is 24.1 Å². The lowest BCUT2D eigenvalue weighted by molar-refractivity contribution is -0.134. The van der Waals surface area contributed by atoms with Crippen molar-refractivity contribution in [2.45, 2.75) is 57.4 Å². The number of imide groups is 1. The average molecular weight is 332 g/mol. The predicted molar refractivity (Wildman–Crippen MR) is 90.2 cm³/mol. The maximum Gasteiger partial charge on any atom is 0.234 e. The van der Waals surface area contributed by atoms with Gasteiger partial charge in [-0.2, -0.15) is 0 Å². The van der Waals surface area contributed by atoms with Crippen LogP contribution in [0.5, 0.6) is 0 Å². The third-order valence-corrected chi connectivity index (χ3v) is 5.37. The molecule has 5 heteroatoms. The van der Waals surface area contributed by atoms with Crippen molar-refractivity contribution in [3.63, 3.8) is 0 Å². The van der Waals surface area contributed by atoms with Gasteiger partial charge in [0.25, 0.3) is 0 Å². The predicted octanol–water partition coefficient (Wildman–Crippen LogP) is 2.93. The van der Waals surface area contributed by atoms with E-state index in [4.69, 9.17) is 0 Å². The number of piperidine rings is 2. The number of carbonyl (C=O) groups is 2. The molecule has 4 nitrogen and oxygen atoms in total. The molecule has 3 rings (SSSR count). The lowest BCUT2D eigenvalue weighted by atomic mass is 9.85. The summed E-state index contributed by atoms with van der Waals surface area (Å²) in [6.07, 6.45) is 2.70. The number of nitrogens with zero attached hydrogens (tertiary/aromatic N) is 1. The second kappa shape index (κ2) is 7.01. The van der Waals surface area contributed by atoms with E-state index in [1.165, 1.54) is 6.07 Å². The summed E-state index contributed by atoms with van der Waals surface area (Å²) in [5.74, 6) is -0.959. The minimum Gasteiger partial charge on any atom is -0.301 e. The molecule has 2 amide bonds. The van der Waals surface area contributed by atoms with Crippen molar-refractivity contribution in [2.75, 3.05) is 13.1 Å². The first kappa shape index (κ1) is 17.1. The molecule has 0 saturated carbocycles. The maximum absolute atomic E-state index is 14.6. The van der Waals surface area contributed by atoms with Crippen molar-refractivity contribution in [1.82, 2.24) is 10.2 Å². The number of likely N-dealkylation sites (tertiary alicyclic amines) is 1. The van der Waals surface area contributed by atoms with Crippen molar-refractivity contribution in [1.29, 1.82) is 0 Å². The van der Waals surface area contributed by atoms with Crippen molar-refractivity contribution in [2.24, 2.45) is 0 Å². The Kier molecular flexibility index (Phi) is 4.99. The van der Waals surface area contributed by atoms with Crippen molar-refractivity contribution in [3.05, 3.63) is 35.1 Å². The van der Waals surface area contributed by atoms with Gasteiger partial charge in [0.05, 0.1) is 5.92 Å². The van der Waals surface area contributed by atoms with E-state index in [1.54, 1.807) is 0 Å². The second-order valence-corrected chi connectivity index (χ2v) is 7.19. The van der Waals surface area contributed by atoms with Gasteiger partial charge in [-0.25, -0.2) is 4.39 Å². The summed E-state index contributed by atoms with van der Waals surface area (Å²) >= 11 is 0. The Hall–Kier alpha value is -1.75. The monoisotopic (exact) mass is 332 g/mol. The number of rotatable bonds is 3. The lowest BCUT2D eigenvalue weighted by Crippen LogP contribution is -2.39. The summed E-state index contributed by atoms with van der Waals surface area (Å²) in [6.45, 7) is 6.37. The Morgan fingerprint density at radius 2 is 1.88 bits per heavy atom. The van der Waals surface area contributed by atoms with Gasteiger partial charge in [-0.05, 0) is 69.3 Å². The molecule has 2 aliphatic heterocycles. The summed E-state index contributed by atoms with van der Waals surface area (Å²) in [6, 6.07) is 5.72. The second-order valence-electron chi connectivity index (χ2n) is 7.19. The third kappa shape index (κ3) is 3.51. The molecule has 0 radical (unpaired) electrons. The van der Waals surface area contributed by atoms with E-state index < -0.39 is 5.92 Å². The molecule has 0 spiro atoms. The molecule has 1 unspecified atom stereocenters. The Balaban J connectivity index is 1.71. The Bertz CT molecular complexity index is 636. The van der Waals surface area contributed by atoms with E-state index in [0.717, 1.165) is 31.5 Å². The largest absolute Gasteiger partial charge is 0.301 e. The molecule has 1 aromatic rings. The van der Waals surface area contributed by atoms with Crippen molar-refractivity contribution >= 4 is 11.8 Å². The van der Waals surface area contributed by atoms with Crippen LogP contribution in [-0.4, -0.2) is 35.8 Å². The highest BCUT2D eigenvalue weighted by atomic mass is 19.1. The zero-order chi connectivity index (χ0) is 17.3. The number of hydrogen-bond acceptors (Lipinski definition) is 3. The highest BCUT2D eigenvalue weighted by Gasteiger charge is 2.29. The fourth-order valence-electron chi connectivity index (χ4n) is 3.83. The van der Waals surface area contributed by atoms with Gasteiger partial charge in [-0.1, -0.05) is 12.1 Å². The van der Waals surface area contributed by atoms with Gasteiger partial charge < -0.3 is 4.90 Å². The van der Waals surface area contributed by atoms with Gasteiger partial charge in [0.2, 0.25) is 11.8 Å².